The topological polar surface area (TPSA) is 50.1 Å². The summed E-state index contributed by atoms with van der Waals surface area (Å²) in [7, 11) is 0. The van der Waals surface area contributed by atoms with E-state index in [1.165, 1.54) is 11.3 Å². The zero-order chi connectivity index (χ0) is 13.9. The minimum Gasteiger partial charge on any atom is -0.389 e. The van der Waals surface area contributed by atoms with Gasteiger partial charge in [0.15, 0.2) is 0 Å². The molecule has 1 saturated heterocycles. The van der Waals surface area contributed by atoms with Crippen molar-refractivity contribution >= 4 is 11.8 Å². The Hall–Kier alpha value is -0.520. The number of aryl methyl sites for hydroxylation is 2. The monoisotopic (exact) mass is 283 g/mol. The molecule has 19 heavy (non-hydrogen) atoms. The highest BCUT2D eigenvalue weighted by Gasteiger charge is 2.29. The first-order chi connectivity index (χ1) is 9.06. The second-order valence-electron chi connectivity index (χ2n) is 5.41. The molecule has 0 bridgehead atoms. The number of aliphatic hydroxyl groups is 1. The van der Waals surface area contributed by atoms with E-state index in [9.17, 15) is 5.11 Å². The largest absolute Gasteiger partial charge is 0.389 e. The van der Waals surface area contributed by atoms with Crippen molar-refractivity contribution < 1.29 is 5.11 Å². The van der Waals surface area contributed by atoms with Crippen molar-refractivity contribution in [3.05, 3.63) is 17.0 Å². The van der Waals surface area contributed by atoms with Gasteiger partial charge in [0.05, 0.1) is 11.3 Å². The summed E-state index contributed by atoms with van der Waals surface area (Å²) in [5, 5.41) is 18.4. The molecule has 2 heterocycles. The van der Waals surface area contributed by atoms with Crippen LogP contribution >= 0.6 is 11.8 Å². The average Bonchev–Trinajstić information content (AvgIpc) is 2.66. The molecule has 0 amide bonds. The third kappa shape index (κ3) is 3.52. The molecule has 1 aliphatic heterocycles. The molecule has 0 aliphatic carbocycles. The van der Waals surface area contributed by atoms with E-state index in [0.717, 1.165) is 43.1 Å². The molecule has 108 valence electrons. The van der Waals surface area contributed by atoms with Crippen LogP contribution in [0.4, 0.5) is 0 Å². The summed E-state index contributed by atoms with van der Waals surface area (Å²) in [5.41, 5.74) is 3.10. The first-order valence-electron chi connectivity index (χ1n) is 7.09. The summed E-state index contributed by atoms with van der Waals surface area (Å²) in [6, 6.07) is 0. The molecular weight excluding hydrogens is 258 g/mol. The van der Waals surface area contributed by atoms with Crippen LogP contribution < -0.4 is 5.32 Å². The lowest BCUT2D eigenvalue weighted by molar-refractivity contribution is 0.0320. The Morgan fingerprint density at radius 2 is 2.05 bits per heavy atom. The molecule has 1 aromatic heterocycles. The zero-order valence-electron chi connectivity index (χ0n) is 12.2. The molecule has 0 spiro atoms. The van der Waals surface area contributed by atoms with E-state index in [-0.39, 0.29) is 0 Å². The quantitative estimate of drug-likeness (QED) is 0.866. The van der Waals surface area contributed by atoms with Crippen LogP contribution in [0, 0.1) is 13.8 Å². The highest BCUT2D eigenvalue weighted by atomic mass is 32.2. The van der Waals surface area contributed by atoms with Gasteiger partial charge in [-0.3, -0.25) is 4.68 Å². The Kier molecular flexibility index (Phi) is 4.92. The van der Waals surface area contributed by atoms with Crippen molar-refractivity contribution in [3.63, 3.8) is 0 Å². The number of thioether (sulfide) groups is 1. The van der Waals surface area contributed by atoms with Gasteiger partial charge in [-0.15, -0.1) is 0 Å². The Morgan fingerprint density at radius 3 is 2.63 bits per heavy atom. The van der Waals surface area contributed by atoms with Gasteiger partial charge in [0.1, 0.15) is 0 Å². The fourth-order valence-electron chi connectivity index (χ4n) is 2.65. The SMILES string of the molecule is CCn1nc(C)c(CNCC2(O)CCSCC2)c1C. The molecule has 0 unspecified atom stereocenters. The summed E-state index contributed by atoms with van der Waals surface area (Å²) in [5.74, 6) is 2.15. The summed E-state index contributed by atoms with van der Waals surface area (Å²) in [4.78, 5) is 0. The minimum absolute atomic E-state index is 0.506. The van der Waals surface area contributed by atoms with Crippen molar-refractivity contribution in [2.75, 3.05) is 18.1 Å². The van der Waals surface area contributed by atoms with Gasteiger partial charge < -0.3 is 10.4 Å². The number of hydrogen-bond acceptors (Lipinski definition) is 4. The fraction of sp³-hybridized carbons (Fsp3) is 0.786. The number of nitrogens with one attached hydrogen (secondary N) is 1. The van der Waals surface area contributed by atoms with Crippen molar-refractivity contribution in [2.24, 2.45) is 0 Å². The first kappa shape index (κ1) is 14.9. The lowest BCUT2D eigenvalue weighted by atomic mass is 9.97. The van der Waals surface area contributed by atoms with Crippen LogP contribution in [0.5, 0.6) is 0 Å². The third-order valence-electron chi connectivity index (χ3n) is 4.01. The molecular formula is C14H25N3OS. The van der Waals surface area contributed by atoms with Crippen LogP contribution in [-0.2, 0) is 13.1 Å². The van der Waals surface area contributed by atoms with E-state index in [1.54, 1.807) is 0 Å². The van der Waals surface area contributed by atoms with Crippen LogP contribution in [0.2, 0.25) is 0 Å². The normalized spacial score (nSPS) is 18.7. The van der Waals surface area contributed by atoms with E-state index in [2.05, 4.69) is 31.2 Å². The Morgan fingerprint density at radius 1 is 1.37 bits per heavy atom. The van der Waals surface area contributed by atoms with Gasteiger partial charge in [0.25, 0.3) is 0 Å². The molecule has 1 fully saturated rings. The Labute approximate surface area is 120 Å². The van der Waals surface area contributed by atoms with Crippen LogP contribution in [-0.4, -0.2) is 38.5 Å². The summed E-state index contributed by atoms with van der Waals surface area (Å²) < 4.78 is 2.04. The summed E-state index contributed by atoms with van der Waals surface area (Å²) in [6.45, 7) is 8.68. The average molecular weight is 283 g/mol. The Bertz CT molecular complexity index is 425. The molecule has 1 aromatic rings. The van der Waals surface area contributed by atoms with Crippen molar-refractivity contribution in [1.82, 2.24) is 15.1 Å². The Balaban J connectivity index is 1.90. The van der Waals surface area contributed by atoms with E-state index < -0.39 is 5.60 Å². The third-order valence-corrected chi connectivity index (χ3v) is 5.00. The molecule has 4 nitrogen and oxygen atoms in total. The lowest BCUT2D eigenvalue weighted by Gasteiger charge is -2.32. The lowest BCUT2D eigenvalue weighted by Crippen LogP contribution is -2.43. The van der Waals surface area contributed by atoms with E-state index in [0.29, 0.717) is 6.54 Å². The first-order valence-corrected chi connectivity index (χ1v) is 8.25. The predicted molar refractivity (Wildman–Crippen MR) is 80.6 cm³/mol. The van der Waals surface area contributed by atoms with Crippen molar-refractivity contribution in [3.8, 4) is 0 Å². The van der Waals surface area contributed by atoms with Gasteiger partial charge in [-0.25, -0.2) is 0 Å². The number of nitrogens with zero attached hydrogens (tertiary/aromatic N) is 2. The van der Waals surface area contributed by atoms with Crippen molar-refractivity contribution in [1.29, 1.82) is 0 Å². The van der Waals surface area contributed by atoms with Crippen molar-refractivity contribution in [2.45, 2.75) is 52.3 Å². The van der Waals surface area contributed by atoms with Crippen LogP contribution in [0.15, 0.2) is 0 Å². The van der Waals surface area contributed by atoms with Gasteiger partial charge in [-0.1, -0.05) is 0 Å². The van der Waals surface area contributed by atoms with Gasteiger partial charge >= 0.3 is 0 Å². The van der Waals surface area contributed by atoms with Gasteiger partial charge in [0.2, 0.25) is 0 Å². The molecule has 2 rings (SSSR count). The molecule has 1 aliphatic rings. The fourth-order valence-corrected chi connectivity index (χ4v) is 3.90. The number of aromatic nitrogens is 2. The second kappa shape index (κ2) is 6.29. The number of rotatable bonds is 5. The number of hydrogen-bond donors (Lipinski definition) is 2. The van der Waals surface area contributed by atoms with E-state index in [4.69, 9.17) is 0 Å². The molecule has 0 radical (unpaired) electrons. The standard InChI is InChI=1S/C14H25N3OS/c1-4-17-12(3)13(11(2)16-17)9-15-10-14(18)5-7-19-8-6-14/h15,18H,4-10H2,1-3H3. The maximum Gasteiger partial charge on any atom is 0.0787 e. The molecule has 5 heteroatoms. The van der Waals surface area contributed by atoms with Crippen LogP contribution in [0.1, 0.15) is 36.7 Å². The van der Waals surface area contributed by atoms with Gasteiger partial charge in [-0.05, 0) is 45.1 Å². The highest BCUT2D eigenvalue weighted by Crippen LogP contribution is 2.26. The maximum atomic E-state index is 10.4. The smallest absolute Gasteiger partial charge is 0.0787 e. The van der Waals surface area contributed by atoms with Crippen LogP contribution in [0.25, 0.3) is 0 Å². The summed E-state index contributed by atoms with van der Waals surface area (Å²) in [6.07, 6.45) is 1.80. The predicted octanol–water partition coefficient (Wildman–Crippen LogP) is 1.87. The van der Waals surface area contributed by atoms with Gasteiger partial charge in [-0.2, -0.15) is 16.9 Å². The maximum absolute atomic E-state index is 10.4. The zero-order valence-corrected chi connectivity index (χ0v) is 13.0. The minimum atomic E-state index is -0.506. The molecule has 0 saturated carbocycles. The van der Waals surface area contributed by atoms with E-state index >= 15 is 0 Å². The molecule has 0 atom stereocenters. The molecule has 0 aromatic carbocycles. The van der Waals surface area contributed by atoms with E-state index in [1.807, 2.05) is 16.4 Å². The van der Waals surface area contributed by atoms with Crippen LogP contribution in [0.3, 0.4) is 0 Å². The summed E-state index contributed by atoms with van der Waals surface area (Å²) >= 11 is 1.94. The molecule has 2 N–H and O–H groups in total. The van der Waals surface area contributed by atoms with Gasteiger partial charge in [0, 0.05) is 30.9 Å². The highest BCUT2D eigenvalue weighted by molar-refractivity contribution is 7.99. The second-order valence-corrected chi connectivity index (χ2v) is 6.63.